The van der Waals surface area contributed by atoms with Gasteiger partial charge in [-0.3, -0.25) is 4.79 Å². The van der Waals surface area contributed by atoms with Crippen LogP contribution in [0.4, 0.5) is 0 Å². The van der Waals surface area contributed by atoms with Gasteiger partial charge in [-0.2, -0.15) is 0 Å². The van der Waals surface area contributed by atoms with E-state index in [0.29, 0.717) is 23.5 Å². The molecule has 2 rings (SSSR count). The van der Waals surface area contributed by atoms with Crippen molar-refractivity contribution in [3.63, 3.8) is 0 Å². The van der Waals surface area contributed by atoms with E-state index in [4.69, 9.17) is 0 Å². The normalized spacial score (nSPS) is 21.6. The van der Waals surface area contributed by atoms with Gasteiger partial charge >= 0.3 is 0 Å². The molecule has 1 aromatic rings. The van der Waals surface area contributed by atoms with Crippen molar-refractivity contribution in [2.75, 3.05) is 0 Å². The molecule has 0 heterocycles. The quantitative estimate of drug-likeness (QED) is 0.769. The SMILES string of the molecule is CC(C)C(C)c1ccc(CC2CCCC2=O)cc1. The van der Waals surface area contributed by atoms with Gasteiger partial charge in [0.2, 0.25) is 0 Å². The number of carbonyl (C=O) groups excluding carboxylic acids is 1. The van der Waals surface area contributed by atoms with Gasteiger partial charge in [0.25, 0.3) is 0 Å². The Morgan fingerprint density at radius 2 is 1.83 bits per heavy atom. The van der Waals surface area contributed by atoms with Crippen molar-refractivity contribution < 1.29 is 4.79 Å². The van der Waals surface area contributed by atoms with Crippen molar-refractivity contribution in [3.8, 4) is 0 Å². The Bertz CT molecular complexity index is 402. The molecule has 0 amide bonds. The highest BCUT2D eigenvalue weighted by atomic mass is 16.1. The summed E-state index contributed by atoms with van der Waals surface area (Å²) >= 11 is 0. The van der Waals surface area contributed by atoms with Crippen LogP contribution in [0, 0.1) is 11.8 Å². The number of hydrogen-bond donors (Lipinski definition) is 0. The lowest BCUT2D eigenvalue weighted by molar-refractivity contribution is -0.120. The van der Waals surface area contributed by atoms with Crippen LogP contribution in [0.2, 0.25) is 0 Å². The molecule has 2 atom stereocenters. The Hall–Kier alpha value is -1.11. The summed E-state index contributed by atoms with van der Waals surface area (Å²) in [6, 6.07) is 8.89. The van der Waals surface area contributed by atoms with Crippen LogP contribution in [0.25, 0.3) is 0 Å². The molecule has 1 aromatic carbocycles. The minimum Gasteiger partial charge on any atom is -0.299 e. The molecule has 0 saturated heterocycles. The molecule has 0 bridgehead atoms. The molecule has 2 unspecified atom stereocenters. The van der Waals surface area contributed by atoms with Crippen LogP contribution in [-0.4, -0.2) is 5.78 Å². The molecule has 1 nitrogen and oxygen atoms in total. The summed E-state index contributed by atoms with van der Waals surface area (Å²) < 4.78 is 0. The summed E-state index contributed by atoms with van der Waals surface area (Å²) in [4.78, 5) is 11.6. The van der Waals surface area contributed by atoms with Crippen LogP contribution in [0.1, 0.15) is 57.1 Å². The molecule has 1 aliphatic rings. The molecule has 0 aliphatic heterocycles. The first-order chi connectivity index (χ1) is 8.58. The number of ketones is 1. The van der Waals surface area contributed by atoms with Crippen molar-refractivity contribution in [2.45, 2.75) is 52.4 Å². The van der Waals surface area contributed by atoms with E-state index in [2.05, 4.69) is 45.0 Å². The van der Waals surface area contributed by atoms with E-state index in [9.17, 15) is 4.79 Å². The fourth-order valence-corrected chi connectivity index (χ4v) is 2.73. The molecule has 0 aromatic heterocycles. The third-order valence-electron chi connectivity index (χ3n) is 4.42. The zero-order chi connectivity index (χ0) is 13.1. The second-order valence-corrected chi connectivity index (χ2v) is 6.03. The first-order valence-electron chi connectivity index (χ1n) is 7.19. The topological polar surface area (TPSA) is 17.1 Å². The van der Waals surface area contributed by atoms with Gasteiger partial charge in [-0.25, -0.2) is 0 Å². The van der Waals surface area contributed by atoms with Crippen LogP contribution in [0.5, 0.6) is 0 Å². The molecule has 0 N–H and O–H groups in total. The predicted octanol–water partition coefficient (Wildman–Crippen LogP) is 4.36. The number of hydrogen-bond acceptors (Lipinski definition) is 1. The Balaban J connectivity index is 2.01. The monoisotopic (exact) mass is 244 g/mol. The van der Waals surface area contributed by atoms with E-state index in [1.807, 2.05) is 0 Å². The molecule has 0 spiro atoms. The van der Waals surface area contributed by atoms with E-state index < -0.39 is 0 Å². The second-order valence-electron chi connectivity index (χ2n) is 6.03. The fraction of sp³-hybridized carbons (Fsp3) is 0.588. The highest BCUT2D eigenvalue weighted by Gasteiger charge is 2.24. The Morgan fingerprint density at radius 3 is 2.33 bits per heavy atom. The lowest BCUT2D eigenvalue weighted by Gasteiger charge is -2.16. The smallest absolute Gasteiger partial charge is 0.136 e. The molecule has 1 fully saturated rings. The van der Waals surface area contributed by atoms with Crippen molar-refractivity contribution in [1.29, 1.82) is 0 Å². The molecule has 1 heteroatoms. The van der Waals surface area contributed by atoms with Crippen LogP contribution < -0.4 is 0 Å². The molecular weight excluding hydrogens is 220 g/mol. The van der Waals surface area contributed by atoms with Gasteiger partial charge in [0, 0.05) is 12.3 Å². The van der Waals surface area contributed by atoms with E-state index in [0.717, 1.165) is 25.7 Å². The number of Topliss-reactive ketones (excluding diaryl/α,β-unsaturated/α-hetero) is 1. The van der Waals surface area contributed by atoms with Gasteiger partial charge in [0.1, 0.15) is 5.78 Å². The summed E-state index contributed by atoms with van der Waals surface area (Å²) in [6.07, 6.45) is 3.91. The van der Waals surface area contributed by atoms with Gasteiger partial charge in [-0.1, -0.05) is 45.0 Å². The van der Waals surface area contributed by atoms with Crippen LogP contribution in [0.15, 0.2) is 24.3 Å². The first-order valence-corrected chi connectivity index (χ1v) is 7.19. The maximum Gasteiger partial charge on any atom is 0.136 e. The summed E-state index contributed by atoms with van der Waals surface area (Å²) in [6.45, 7) is 6.80. The number of benzene rings is 1. The minimum atomic E-state index is 0.290. The first kappa shape index (κ1) is 13.3. The average Bonchev–Trinajstić information content (AvgIpc) is 2.75. The minimum absolute atomic E-state index is 0.290. The van der Waals surface area contributed by atoms with Crippen LogP contribution in [0.3, 0.4) is 0 Å². The summed E-state index contributed by atoms with van der Waals surface area (Å²) in [5.41, 5.74) is 2.72. The number of carbonyl (C=O) groups is 1. The highest BCUT2D eigenvalue weighted by Crippen LogP contribution is 2.27. The molecular formula is C17H24O. The van der Waals surface area contributed by atoms with Gasteiger partial charge < -0.3 is 0 Å². The third-order valence-corrected chi connectivity index (χ3v) is 4.42. The summed E-state index contributed by atoms with van der Waals surface area (Å²) in [5.74, 6) is 2.03. The molecule has 18 heavy (non-hydrogen) atoms. The Morgan fingerprint density at radius 1 is 1.17 bits per heavy atom. The van der Waals surface area contributed by atoms with Crippen molar-refractivity contribution in [3.05, 3.63) is 35.4 Å². The predicted molar refractivity (Wildman–Crippen MR) is 75.7 cm³/mol. The Labute approximate surface area is 111 Å². The molecule has 1 aliphatic carbocycles. The van der Waals surface area contributed by atoms with E-state index >= 15 is 0 Å². The number of rotatable bonds is 4. The van der Waals surface area contributed by atoms with Gasteiger partial charge in [0.05, 0.1) is 0 Å². The van der Waals surface area contributed by atoms with Gasteiger partial charge in [-0.15, -0.1) is 0 Å². The second kappa shape index (κ2) is 5.69. The largest absolute Gasteiger partial charge is 0.299 e. The van der Waals surface area contributed by atoms with Crippen LogP contribution >= 0.6 is 0 Å². The van der Waals surface area contributed by atoms with Crippen molar-refractivity contribution >= 4 is 5.78 Å². The lowest BCUT2D eigenvalue weighted by atomic mass is 9.89. The van der Waals surface area contributed by atoms with Gasteiger partial charge in [-0.05, 0) is 42.2 Å². The molecule has 0 radical (unpaired) electrons. The maximum absolute atomic E-state index is 11.6. The van der Waals surface area contributed by atoms with Crippen molar-refractivity contribution in [2.24, 2.45) is 11.8 Å². The standard InChI is InChI=1S/C17H24O/c1-12(2)13(3)15-9-7-14(8-10-15)11-16-5-4-6-17(16)18/h7-10,12-13,16H,4-6,11H2,1-3H3. The zero-order valence-electron chi connectivity index (χ0n) is 11.8. The van der Waals surface area contributed by atoms with Crippen molar-refractivity contribution in [1.82, 2.24) is 0 Å². The Kier molecular flexibility index (Phi) is 4.21. The van der Waals surface area contributed by atoms with Gasteiger partial charge in [0.15, 0.2) is 0 Å². The zero-order valence-corrected chi connectivity index (χ0v) is 11.8. The van der Waals surface area contributed by atoms with E-state index in [1.54, 1.807) is 0 Å². The van der Waals surface area contributed by atoms with E-state index in [-0.39, 0.29) is 0 Å². The highest BCUT2D eigenvalue weighted by molar-refractivity contribution is 5.83. The lowest BCUT2D eigenvalue weighted by Crippen LogP contribution is -2.09. The fourth-order valence-electron chi connectivity index (χ4n) is 2.73. The maximum atomic E-state index is 11.6. The molecule has 98 valence electrons. The van der Waals surface area contributed by atoms with Crippen LogP contribution in [-0.2, 0) is 11.2 Å². The summed E-state index contributed by atoms with van der Waals surface area (Å²) in [7, 11) is 0. The average molecular weight is 244 g/mol. The summed E-state index contributed by atoms with van der Waals surface area (Å²) in [5, 5.41) is 0. The molecule has 1 saturated carbocycles. The van der Waals surface area contributed by atoms with E-state index in [1.165, 1.54) is 11.1 Å². The third kappa shape index (κ3) is 3.01.